The summed E-state index contributed by atoms with van der Waals surface area (Å²) in [5.74, 6) is 2.49. The summed E-state index contributed by atoms with van der Waals surface area (Å²) >= 11 is 0. The van der Waals surface area contributed by atoms with E-state index in [-0.39, 0.29) is 10.8 Å². The van der Waals surface area contributed by atoms with Crippen molar-refractivity contribution in [3.8, 4) is 89.0 Å². The number of hydrogen-bond acceptors (Lipinski definition) is 0. The van der Waals surface area contributed by atoms with E-state index >= 15 is 0 Å². The van der Waals surface area contributed by atoms with E-state index < -0.39 is 0 Å². The monoisotopic (exact) mass is 1430 g/mol. The minimum atomic E-state index is 0.0550. The molecule has 0 saturated carbocycles. The van der Waals surface area contributed by atoms with Crippen molar-refractivity contribution in [2.75, 3.05) is 0 Å². The number of fused-ring (bicyclic) bond motifs is 6. The Balaban J connectivity index is 0.000000175. The normalized spacial score (nSPS) is 12.2. The quantitative estimate of drug-likeness (QED) is 0.0952. The zero-order valence-electron chi connectivity index (χ0n) is 68.2. The third kappa shape index (κ3) is 14.0. The predicted molar refractivity (Wildman–Crippen MR) is 483 cm³/mol. The number of hydrogen-bond donors (Lipinski definition) is 0. The maximum absolute atomic E-state index is 2.50. The summed E-state index contributed by atoms with van der Waals surface area (Å²) in [5.41, 5.74) is 31.3. The second kappa shape index (κ2) is 30.2. The third-order valence-electron chi connectivity index (χ3n) is 23.6. The smallest absolute Gasteiger partial charge is 0.000139 e. The van der Waals surface area contributed by atoms with Gasteiger partial charge in [0.15, 0.2) is 0 Å². The lowest BCUT2D eigenvalue weighted by Crippen LogP contribution is -2.10. The molecule has 0 bridgehead atoms. The van der Waals surface area contributed by atoms with Gasteiger partial charge in [-0.15, -0.1) is 0 Å². The van der Waals surface area contributed by atoms with Crippen molar-refractivity contribution in [1.29, 1.82) is 0 Å². The highest BCUT2D eigenvalue weighted by atomic mass is 14.3. The van der Waals surface area contributed by atoms with Gasteiger partial charge in [-0.2, -0.15) is 0 Å². The molecule has 16 rings (SSSR count). The Labute approximate surface area is 656 Å². The van der Waals surface area contributed by atoms with E-state index in [4.69, 9.17) is 0 Å². The minimum absolute atomic E-state index is 0.0550. The summed E-state index contributed by atoms with van der Waals surface area (Å²) in [4.78, 5) is 0. The van der Waals surface area contributed by atoms with Gasteiger partial charge in [0.2, 0.25) is 0 Å². The lowest BCUT2D eigenvalue weighted by atomic mass is 9.76. The average Bonchev–Trinajstić information content (AvgIpc) is 0.700. The molecule has 0 aliphatic carbocycles. The van der Waals surface area contributed by atoms with Gasteiger partial charge in [-0.1, -0.05) is 416 Å². The molecule has 0 radical (unpaired) electrons. The summed E-state index contributed by atoms with van der Waals surface area (Å²) in [5, 5.41) is 15.6. The van der Waals surface area contributed by atoms with Crippen LogP contribution in [0.5, 0.6) is 0 Å². The van der Waals surface area contributed by atoms with Crippen molar-refractivity contribution < 1.29 is 0 Å². The largest absolute Gasteiger partial charge is 0.0622 e. The zero-order valence-corrected chi connectivity index (χ0v) is 68.2. The van der Waals surface area contributed by atoms with Crippen LogP contribution in [0.15, 0.2) is 291 Å². The van der Waals surface area contributed by atoms with E-state index in [0.29, 0.717) is 35.5 Å². The van der Waals surface area contributed by atoms with Crippen LogP contribution in [0.25, 0.3) is 154 Å². The maximum atomic E-state index is 2.50. The topological polar surface area (TPSA) is 0 Å². The van der Waals surface area contributed by atoms with Gasteiger partial charge in [-0.05, 0) is 244 Å². The Morgan fingerprint density at radius 1 is 0.164 bits per heavy atom. The van der Waals surface area contributed by atoms with E-state index in [0.717, 1.165) is 0 Å². The second-order valence-corrected chi connectivity index (χ2v) is 35.0. The SMILES string of the molecule is CC(C)c1ccc(-c2c3cc(C(C)C)ccc3c(-c3ccccc3)c3c(-c4ccc(C(C)(C)C)cc4)c4cc(C(C)C)ccc4c(-c4ccccc4)c23)cc1.CC(C)c1ccc(-c2c3ccc(C(C)C)cc3c(-c3ccccc3)c3c(-c4ccc(C(C)(C)C)cc4)c4ccc(C(C)C)cc4c(-c4ccccc4)c23)cc1. The lowest BCUT2D eigenvalue weighted by Gasteiger charge is -2.27. The molecule has 0 amide bonds. The van der Waals surface area contributed by atoms with Crippen molar-refractivity contribution in [3.63, 3.8) is 0 Å². The van der Waals surface area contributed by atoms with E-state index in [1.54, 1.807) is 0 Å². The van der Waals surface area contributed by atoms with Gasteiger partial charge in [0.05, 0.1) is 0 Å². The summed E-state index contributed by atoms with van der Waals surface area (Å²) in [7, 11) is 0. The molecule has 16 aromatic carbocycles. The Hall–Kier alpha value is -10.9. The highest BCUT2D eigenvalue weighted by Gasteiger charge is 2.31. The Kier molecular flexibility index (Phi) is 20.4. The molecular weight excluding hydrogens is 1320 g/mol. The van der Waals surface area contributed by atoms with Gasteiger partial charge in [0.1, 0.15) is 0 Å². The van der Waals surface area contributed by atoms with Crippen LogP contribution < -0.4 is 0 Å². The van der Waals surface area contributed by atoms with E-state index in [2.05, 4.69) is 416 Å². The molecule has 0 aromatic heterocycles. The molecule has 0 N–H and O–H groups in total. The fourth-order valence-corrected chi connectivity index (χ4v) is 17.1. The van der Waals surface area contributed by atoms with Crippen molar-refractivity contribution >= 4 is 64.6 Å². The van der Waals surface area contributed by atoms with Crippen LogP contribution in [-0.2, 0) is 10.8 Å². The summed E-state index contributed by atoms with van der Waals surface area (Å²) in [6, 6.07) is 112. The first-order valence-corrected chi connectivity index (χ1v) is 40.5. The molecule has 0 aliphatic rings. The molecule has 16 aromatic rings. The number of rotatable bonds is 14. The zero-order chi connectivity index (χ0) is 77.2. The van der Waals surface area contributed by atoms with Crippen LogP contribution in [0.1, 0.15) is 205 Å². The van der Waals surface area contributed by atoms with Gasteiger partial charge < -0.3 is 0 Å². The van der Waals surface area contributed by atoms with Crippen molar-refractivity contribution in [1.82, 2.24) is 0 Å². The average molecular weight is 1430 g/mol. The fraction of sp³-hybridized carbons (Fsp3) is 0.236. The molecule has 0 heterocycles. The molecule has 0 heteroatoms. The first-order chi connectivity index (χ1) is 52.8. The predicted octanol–water partition coefficient (Wildman–Crippen LogP) is 33.0. The number of benzene rings is 16. The van der Waals surface area contributed by atoms with Gasteiger partial charge in [0.25, 0.3) is 0 Å². The van der Waals surface area contributed by atoms with Gasteiger partial charge in [-0.25, -0.2) is 0 Å². The molecule has 0 fully saturated rings. The summed E-state index contributed by atoms with van der Waals surface area (Å²) in [6.07, 6.45) is 0. The van der Waals surface area contributed by atoms with Crippen LogP contribution >= 0.6 is 0 Å². The molecule has 0 aliphatic heterocycles. The van der Waals surface area contributed by atoms with Crippen LogP contribution in [0.4, 0.5) is 0 Å². The van der Waals surface area contributed by atoms with Gasteiger partial charge in [0, 0.05) is 0 Å². The van der Waals surface area contributed by atoms with Crippen molar-refractivity contribution in [2.24, 2.45) is 0 Å². The summed E-state index contributed by atoms with van der Waals surface area (Å²) in [6.45, 7) is 41.4. The first kappa shape index (κ1) is 74.5. The Morgan fingerprint density at radius 3 is 0.509 bits per heavy atom. The van der Waals surface area contributed by atoms with Crippen LogP contribution in [0.2, 0.25) is 0 Å². The summed E-state index contributed by atoms with van der Waals surface area (Å²) < 4.78 is 0. The fourth-order valence-electron chi connectivity index (χ4n) is 17.1. The molecule has 0 saturated heterocycles. The highest BCUT2D eigenvalue weighted by Crippen LogP contribution is 2.57. The molecule has 0 unspecified atom stereocenters. The van der Waals surface area contributed by atoms with E-state index in [1.165, 1.54) is 198 Å². The van der Waals surface area contributed by atoms with Crippen LogP contribution in [0.3, 0.4) is 0 Å². The highest BCUT2D eigenvalue weighted by molar-refractivity contribution is 6.36. The van der Waals surface area contributed by atoms with E-state index in [9.17, 15) is 0 Å². The molecular formula is C110H108. The molecule has 0 nitrogen and oxygen atoms in total. The minimum Gasteiger partial charge on any atom is -0.0622 e. The lowest BCUT2D eigenvalue weighted by molar-refractivity contribution is 0.590. The molecule has 548 valence electrons. The maximum Gasteiger partial charge on any atom is -0.000139 e. The Bertz CT molecular complexity index is 6050. The van der Waals surface area contributed by atoms with E-state index in [1.807, 2.05) is 0 Å². The van der Waals surface area contributed by atoms with Crippen molar-refractivity contribution in [2.45, 2.75) is 171 Å². The van der Waals surface area contributed by atoms with Crippen LogP contribution in [0, 0.1) is 0 Å². The Morgan fingerprint density at radius 2 is 0.327 bits per heavy atom. The molecule has 0 atom stereocenters. The molecule has 0 spiro atoms. The molecule has 110 heavy (non-hydrogen) atoms. The third-order valence-corrected chi connectivity index (χ3v) is 23.6. The standard InChI is InChI=1S/2C55H54/c1-34(2)37-20-22-40(23-21-37)49-45-30-26-42(35(3)4)32-47(45)52(39-18-14-11-15-19-39)54-50(41-24-28-44(29-25-41)55(7,8)9)46-31-27-43(36(5)6)33-48(46)51(53(49)54)38-16-12-10-13-17-38;1-34(2)37-20-22-40(23-21-37)51-47-32-42(35(3)4)26-30-45(47)50(39-18-14-11-15-19-39)54-52(41-24-28-44(29-25-41)55(7,8)9)48-33-43(36(5)6)27-31-46(48)49(53(51)54)38-16-12-10-13-17-38/h2*10-36H,1-9H3. The van der Waals surface area contributed by atoms with Gasteiger partial charge >= 0.3 is 0 Å². The van der Waals surface area contributed by atoms with Crippen LogP contribution in [-0.4, -0.2) is 0 Å². The van der Waals surface area contributed by atoms with Gasteiger partial charge in [-0.3, -0.25) is 0 Å². The van der Waals surface area contributed by atoms with Crippen molar-refractivity contribution in [3.05, 3.63) is 336 Å². The second-order valence-electron chi connectivity index (χ2n) is 35.0. The first-order valence-electron chi connectivity index (χ1n) is 40.5.